The van der Waals surface area contributed by atoms with E-state index in [1.165, 1.54) is 6.07 Å². The summed E-state index contributed by atoms with van der Waals surface area (Å²) in [7, 11) is 0. The van der Waals surface area contributed by atoms with Crippen LogP contribution in [0.3, 0.4) is 0 Å². The number of halogens is 3. The van der Waals surface area contributed by atoms with Gasteiger partial charge in [-0.15, -0.1) is 13.2 Å². The zero-order chi connectivity index (χ0) is 17.9. The molecule has 0 N–H and O–H groups in total. The van der Waals surface area contributed by atoms with Crippen LogP contribution in [0.4, 0.5) is 19.0 Å². The van der Waals surface area contributed by atoms with Gasteiger partial charge in [-0.2, -0.15) is 0 Å². The molecule has 134 valence electrons. The molecule has 0 atom stereocenters. The van der Waals surface area contributed by atoms with Gasteiger partial charge in [-0.1, -0.05) is 18.2 Å². The Balaban J connectivity index is 1.61. The van der Waals surface area contributed by atoms with E-state index in [2.05, 4.69) is 24.5 Å². The molecular formula is C17H19F3N4O. The first kappa shape index (κ1) is 17.5. The van der Waals surface area contributed by atoms with Gasteiger partial charge in [-0.25, -0.2) is 9.97 Å². The van der Waals surface area contributed by atoms with Crippen molar-refractivity contribution in [1.29, 1.82) is 0 Å². The normalized spacial score (nSPS) is 16.1. The molecule has 0 spiro atoms. The van der Waals surface area contributed by atoms with Crippen LogP contribution in [0.15, 0.2) is 36.5 Å². The minimum atomic E-state index is -4.68. The van der Waals surface area contributed by atoms with Crippen LogP contribution in [0.1, 0.15) is 11.4 Å². The summed E-state index contributed by atoms with van der Waals surface area (Å²) < 4.78 is 41.7. The predicted octanol–water partition coefficient (Wildman–Crippen LogP) is 3.01. The minimum Gasteiger partial charge on any atom is -0.405 e. The standard InChI is InChI=1S/C17H19F3N4O/c1-13-21-7-6-16(22-13)24-10-8-23(9-11-24)12-14-4-2-3-5-15(14)25-17(18,19)20/h2-7H,8-12H2,1H3. The highest BCUT2D eigenvalue weighted by Crippen LogP contribution is 2.27. The Bertz CT molecular complexity index is 715. The maximum absolute atomic E-state index is 12.5. The number of aromatic nitrogens is 2. The SMILES string of the molecule is Cc1nccc(N2CCN(Cc3ccccc3OC(F)(F)F)CC2)n1. The Morgan fingerprint density at radius 1 is 1.08 bits per heavy atom. The van der Waals surface area contributed by atoms with Crippen molar-refractivity contribution in [3.8, 4) is 5.75 Å². The van der Waals surface area contributed by atoms with Crippen molar-refractivity contribution in [2.24, 2.45) is 0 Å². The number of rotatable bonds is 4. The van der Waals surface area contributed by atoms with Gasteiger partial charge in [0.15, 0.2) is 0 Å². The van der Waals surface area contributed by atoms with Gasteiger partial charge in [-0.05, 0) is 19.1 Å². The van der Waals surface area contributed by atoms with Crippen LogP contribution in [0.5, 0.6) is 5.75 Å². The van der Waals surface area contributed by atoms with Crippen LogP contribution in [0, 0.1) is 6.92 Å². The second kappa shape index (κ2) is 7.26. The minimum absolute atomic E-state index is 0.135. The van der Waals surface area contributed by atoms with Crippen molar-refractivity contribution >= 4 is 5.82 Å². The lowest BCUT2D eigenvalue weighted by atomic mass is 10.1. The number of hydrogen-bond acceptors (Lipinski definition) is 5. The summed E-state index contributed by atoms with van der Waals surface area (Å²) in [6.45, 7) is 5.27. The summed E-state index contributed by atoms with van der Waals surface area (Å²) in [5.41, 5.74) is 0.533. The highest BCUT2D eigenvalue weighted by molar-refractivity contribution is 5.38. The van der Waals surface area contributed by atoms with E-state index in [0.717, 1.165) is 37.8 Å². The Morgan fingerprint density at radius 2 is 1.80 bits per heavy atom. The molecule has 3 rings (SSSR count). The van der Waals surface area contributed by atoms with Gasteiger partial charge in [0.05, 0.1) is 0 Å². The number of para-hydroxylation sites is 1. The van der Waals surface area contributed by atoms with E-state index in [4.69, 9.17) is 0 Å². The molecule has 2 heterocycles. The van der Waals surface area contributed by atoms with E-state index >= 15 is 0 Å². The molecule has 0 saturated carbocycles. The molecule has 0 unspecified atom stereocenters. The fraction of sp³-hybridized carbons (Fsp3) is 0.412. The van der Waals surface area contributed by atoms with E-state index in [1.54, 1.807) is 24.4 Å². The fourth-order valence-corrected chi connectivity index (χ4v) is 2.85. The highest BCUT2D eigenvalue weighted by Gasteiger charge is 2.32. The number of benzene rings is 1. The van der Waals surface area contributed by atoms with Gasteiger partial charge in [0, 0.05) is 44.5 Å². The second-order valence-corrected chi connectivity index (χ2v) is 5.88. The molecule has 2 aromatic rings. The van der Waals surface area contributed by atoms with Gasteiger partial charge in [0.2, 0.25) is 0 Å². The van der Waals surface area contributed by atoms with E-state index < -0.39 is 6.36 Å². The van der Waals surface area contributed by atoms with E-state index in [0.29, 0.717) is 12.1 Å². The summed E-state index contributed by atoms with van der Waals surface area (Å²) in [5, 5.41) is 0. The zero-order valence-electron chi connectivity index (χ0n) is 13.8. The molecule has 25 heavy (non-hydrogen) atoms. The topological polar surface area (TPSA) is 41.5 Å². The molecule has 1 aliphatic heterocycles. The molecule has 5 nitrogen and oxygen atoms in total. The van der Waals surface area contributed by atoms with E-state index in [1.807, 2.05) is 13.0 Å². The van der Waals surface area contributed by atoms with E-state index in [-0.39, 0.29) is 5.75 Å². The van der Waals surface area contributed by atoms with Crippen molar-refractivity contribution in [3.05, 3.63) is 47.9 Å². The maximum atomic E-state index is 12.5. The number of anilines is 1. The van der Waals surface area contributed by atoms with Crippen molar-refractivity contribution < 1.29 is 17.9 Å². The third-order valence-corrected chi connectivity index (χ3v) is 4.05. The number of ether oxygens (including phenoxy) is 1. The summed E-state index contributed by atoms with van der Waals surface area (Å²) in [6, 6.07) is 8.15. The predicted molar refractivity (Wildman–Crippen MR) is 87.4 cm³/mol. The molecule has 0 amide bonds. The summed E-state index contributed by atoms with van der Waals surface area (Å²) in [6.07, 6.45) is -2.95. The lowest BCUT2D eigenvalue weighted by molar-refractivity contribution is -0.275. The molecule has 1 saturated heterocycles. The third-order valence-electron chi connectivity index (χ3n) is 4.05. The summed E-state index contributed by atoms with van der Waals surface area (Å²) in [5.74, 6) is 1.47. The Morgan fingerprint density at radius 3 is 2.48 bits per heavy atom. The third kappa shape index (κ3) is 4.82. The Labute approximate surface area is 144 Å². The van der Waals surface area contributed by atoms with Crippen LogP contribution >= 0.6 is 0 Å². The first-order valence-electron chi connectivity index (χ1n) is 8.01. The molecule has 1 fully saturated rings. The molecule has 0 bridgehead atoms. The van der Waals surface area contributed by atoms with Gasteiger partial charge in [0.1, 0.15) is 17.4 Å². The first-order chi connectivity index (χ1) is 11.9. The Hall–Kier alpha value is -2.35. The molecular weight excluding hydrogens is 333 g/mol. The molecule has 0 aliphatic carbocycles. The van der Waals surface area contributed by atoms with Crippen LogP contribution < -0.4 is 9.64 Å². The molecule has 0 radical (unpaired) electrons. The van der Waals surface area contributed by atoms with Crippen LogP contribution in [0.2, 0.25) is 0 Å². The number of alkyl halides is 3. The van der Waals surface area contributed by atoms with Crippen molar-refractivity contribution in [3.63, 3.8) is 0 Å². The monoisotopic (exact) mass is 352 g/mol. The second-order valence-electron chi connectivity index (χ2n) is 5.88. The van der Waals surface area contributed by atoms with Gasteiger partial charge >= 0.3 is 6.36 Å². The fourth-order valence-electron chi connectivity index (χ4n) is 2.85. The molecule has 1 aliphatic rings. The number of hydrogen-bond donors (Lipinski definition) is 0. The lowest BCUT2D eigenvalue weighted by Crippen LogP contribution is -2.46. The van der Waals surface area contributed by atoms with Gasteiger partial charge in [-0.3, -0.25) is 4.90 Å². The zero-order valence-corrected chi connectivity index (χ0v) is 13.8. The largest absolute Gasteiger partial charge is 0.573 e. The molecule has 1 aromatic heterocycles. The van der Waals surface area contributed by atoms with Crippen LogP contribution in [-0.4, -0.2) is 47.4 Å². The van der Waals surface area contributed by atoms with Crippen molar-refractivity contribution in [1.82, 2.24) is 14.9 Å². The number of piperazine rings is 1. The quantitative estimate of drug-likeness (QED) is 0.846. The van der Waals surface area contributed by atoms with Crippen molar-refractivity contribution in [2.75, 3.05) is 31.1 Å². The van der Waals surface area contributed by atoms with Crippen molar-refractivity contribution in [2.45, 2.75) is 19.8 Å². The first-order valence-corrected chi connectivity index (χ1v) is 8.01. The average Bonchev–Trinajstić information content (AvgIpc) is 2.56. The van der Waals surface area contributed by atoms with Crippen LogP contribution in [-0.2, 0) is 6.54 Å². The smallest absolute Gasteiger partial charge is 0.405 e. The average molecular weight is 352 g/mol. The summed E-state index contributed by atoms with van der Waals surface area (Å²) >= 11 is 0. The number of aryl methyl sites for hydroxylation is 1. The highest BCUT2D eigenvalue weighted by atomic mass is 19.4. The summed E-state index contributed by atoms with van der Waals surface area (Å²) in [4.78, 5) is 12.8. The number of nitrogens with zero attached hydrogens (tertiary/aromatic N) is 4. The van der Waals surface area contributed by atoms with Gasteiger partial charge in [0.25, 0.3) is 0 Å². The lowest BCUT2D eigenvalue weighted by Gasteiger charge is -2.35. The molecule has 8 heteroatoms. The van der Waals surface area contributed by atoms with Gasteiger partial charge < -0.3 is 9.64 Å². The van der Waals surface area contributed by atoms with Crippen LogP contribution in [0.25, 0.3) is 0 Å². The molecule has 1 aromatic carbocycles. The maximum Gasteiger partial charge on any atom is 0.573 e. The Kier molecular flexibility index (Phi) is 5.08. The van der Waals surface area contributed by atoms with E-state index in [9.17, 15) is 13.2 Å².